The molecule has 1 aromatic carbocycles. The second kappa shape index (κ2) is 4.61. The zero-order valence-electron chi connectivity index (χ0n) is 9.60. The monoisotopic (exact) mass is 265 g/mol. The highest BCUT2D eigenvalue weighted by atomic mass is 32.2. The van der Waals surface area contributed by atoms with Crippen LogP contribution in [0.25, 0.3) is 11.5 Å². The molecule has 6 heteroatoms. The van der Waals surface area contributed by atoms with Crippen LogP contribution in [-0.4, -0.2) is 15.9 Å². The average Bonchev–Trinajstić information content (AvgIpc) is 3.01. The Morgan fingerprint density at radius 1 is 1.44 bits per heavy atom. The van der Waals surface area contributed by atoms with Crippen LogP contribution in [0.4, 0.5) is 10.1 Å². The van der Waals surface area contributed by atoms with Gasteiger partial charge in [-0.3, -0.25) is 0 Å². The van der Waals surface area contributed by atoms with Gasteiger partial charge in [0.1, 0.15) is 5.82 Å². The Morgan fingerprint density at radius 3 is 3.06 bits per heavy atom. The molecule has 94 valence electrons. The summed E-state index contributed by atoms with van der Waals surface area (Å²) < 4.78 is 18.3. The Morgan fingerprint density at radius 2 is 2.33 bits per heavy atom. The topological polar surface area (TPSA) is 64.9 Å². The van der Waals surface area contributed by atoms with Gasteiger partial charge < -0.3 is 10.3 Å². The number of hydrogen-bond donors (Lipinski definition) is 1. The van der Waals surface area contributed by atoms with E-state index in [9.17, 15) is 4.39 Å². The van der Waals surface area contributed by atoms with Crippen LogP contribution in [0.15, 0.2) is 22.7 Å². The van der Waals surface area contributed by atoms with Crippen molar-refractivity contribution in [2.45, 2.75) is 18.1 Å². The van der Waals surface area contributed by atoms with E-state index in [1.807, 2.05) is 11.8 Å². The molecule has 1 aliphatic rings. The smallest absolute Gasteiger partial charge is 0.258 e. The first-order valence-corrected chi connectivity index (χ1v) is 6.79. The standard InChI is InChI=1S/C12H12FN3OS/c13-8-4-3-7(6-9(8)14)12-15-11(16-17-12)10-2-1-5-18-10/h3-4,6,10H,1-2,5,14H2. The summed E-state index contributed by atoms with van der Waals surface area (Å²) in [7, 11) is 0. The Balaban J connectivity index is 1.89. The van der Waals surface area contributed by atoms with Crippen LogP contribution in [0.2, 0.25) is 0 Å². The molecule has 1 saturated heterocycles. The number of halogens is 1. The van der Waals surface area contributed by atoms with Crippen molar-refractivity contribution >= 4 is 17.4 Å². The van der Waals surface area contributed by atoms with Gasteiger partial charge in [0, 0.05) is 5.56 Å². The van der Waals surface area contributed by atoms with Gasteiger partial charge in [-0.15, -0.1) is 0 Å². The van der Waals surface area contributed by atoms with Gasteiger partial charge >= 0.3 is 0 Å². The van der Waals surface area contributed by atoms with Crippen LogP contribution in [0.1, 0.15) is 23.9 Å². The predicted molar refractivity (Wildman–Crippen MR) is 68.5 cm³/mol. The summed E-state index contributed by atoms with van der Waals surface area (Å²) in [5.74, 6) is 1.81. The number of benzene rings is 1. The third-order valence-electron chi connectivity index (χ3n) is 2.90. The molecule has 2 heterocycles. The van der Waals surface area contributed by atoms with E-state index in [4.69, 9.17) is 10.3 Å². The SMILES string of the molecule is Nc1cc(-c2nc(C3CCCS3)no2)ccc1F. The number of aromatic nitrogens is 2. The van der Waals surface area contributed by atoms with Gasteiger partial charge in [-0.1, -0.05) is 5.16 Å². The number of nitrogens with two attached hydrogens (primary N) is 1. The maximum atomic E-state index is 13.1. The molecule has 1 fully saturated rings. The number of hydrogen-bond acceptors (Lipinski definition) is 5. The lowest BCUT2D eigenvalue weighted by atomic mass is 10.2. The van der Waals surface area contributed by atoms with Crippen molar-refractivity contribution in [3.63, 3.8) is 0 Å². The lowest BCUT2D eigenvalue weighted by Gasteiger charge is -1.99. The zero-order valence-corrected chi connectivity index (χ0v) is 10.4. The van der Waals surface area contributed by atoms with E-state index in [1.54, 1.807) is 6.07 Å². The summed E-state index contributed by atoms with van der Waals surface area (Å²) in [6, 6.07) is 4.40. The molecule has 1 aliphatic heterocycles. The largest absolute Gasteiger partial charge is 0.396 e. The number of thioether (sulfide) groups is 1. The Kier molecular flexibility index (Phi) is 2.95. The fourth-order valence-corrected chi connectivity index (χ4v) is 3.14. The first kappa shape index (κ1) is 11.5. The Hall–Kier alpha value is -1.56. The molecule has 0 saturated carbocycles. The number of anilines is 1. The van der Waals surface area contributed by atoms with Gasteiger partial charge in [-0.2, -0.15) is 16.7 Å². The van der Waals surface area contributed by atoms with E-state index in [1.165, 1.54) is 18.6 Å². The minimum absolute atomic E-state index is 0.0856. The van der Waals surface area contributed by atoms with Crippen LogP contribution in [0.5, 0.6) is 0 Å². The molecule has 0 aliphatic carbocycles. The fraction of sp³-hybridized carbons (Fsp3) is 0.333. The van der Waals surface area contributed by atoms with Crippen molar-refractivity contribution < 1.29 is 8.91 Å². The molecule has 1 unspecified atom stereocenters. The molecule has 2 N–H and O–H groups in total. The third kappa shape index (κ3) is 2.08. The van der Waals surface area contributed by atoms with Crippen LogP contribution < -0.4 is 5.73 Å². The van der Waals surface area contributed by atoms with Crippen LogP contribution in [0.3, 0.4) is 0 Å². The Labute approximate surface area is 108 Å². The van der Waals surface area contributed by atoms with Gasteiger partial charge in [-0.25, -0.2) is 4.39 Å². The summed E-state index contributed by atoms with van der Waals surface area (Å²) in [6.07, 6.45) is 2.26. The molecular formula is C12H12FN3OS. The van der Waals surface area contributed by atoms with Crippen molar-refractivity contribution in [2.75, 3.05) is 11.5 Å². The van der Waals surface area contributed by atoms with Crippen LogP contribution in [-0.2, 0) is 0 Å². The number of nitrogen functional groups attached to an aromatic ring is 1. The van der Waals surface area contributed by atoms with Crippen molar-refractivity contribution in [1.29, 1.82) is 0 Å². The minimum Gasteiger partial charge on any atom is -0.396 e. The van der Waals surface area contributed by atoms with Gasteiger partial charge in [0.15, 0.2) is 5.82 Å². The van der Waals surface area contributed by atoms with Gasteiger partial charge in [-0.05, 0) is 36.8 Å². The quantitative estimate of drug-likeness (QED) is 0.845. The van der Waals surface area contributed by atoms with Crippen molar-refractivity contribution in [3.8, 4) is 11.5 Å². The minimum atomic E-state index is -0.440. The highest BCUT2D eigenvalue weighted by Gasteiger charge is 2.23. The molecule has 4 nitrogen and oxygen atoms in total. The summed E-state index contributed by atoms with van der Waals surface area (Å²) in [5.41, 5.74) is 6.25. The van der Waals surface area contributed by atoms with Gasteiger partial charge in [0.25, 0.3) is 5.89 Å². The Bertz CT molecular complexity index is 566. The van der Waals surface area contributed by atoms with Crippen LogP contribution in [0, 0.1) is 5.82 Å². The normalized spacial score (nSPS) is 19.3. The summed E-state index contributed by atoms with van der Waals surface area (Å²) in [5, 5.41) is 4.30. The first-order chi connectivity index (χ1) is 8.74. The number of nitrogens with zero attached hydrogens (tertiary/aromatic N) is 2. The average molecular weight is 265 g/mol. The molecule has 0 radical (unpaired) electrons. The van der Waals surface area contributed by atoms with Crippen molar-refractivity contribution in [3.05, 3.63) is 29.8 Å². The maximum Gasteiger partial charge on any atom is 0.258 e. The van der Waals surface area contributed by atoms with E-state index >= 15 is 0 Å². The third-order valence-corrected chi connectivity index (χ3v) is 4.28. The fourth-order valence-electron chi connectivity index (χ4n) is 1.94. The van der Waals surface area contributed by atoms with E-state index in [-0.39, 0.29) is 5.69 Å². The second-order valence-electron chi connectivity index (χ2n) is 4.20. The van der Waals surface area contributed by atoms with Gasteiger partial charge in [0.05, 0.1) is 10.9 Å². The highest BCUT2D eigenvalue weighted by Crippen LogP contribution is 2.38. The van der Waals surface area contributed by atoms with Crippen molar-refractivity contribution in [1.82, 2.24) is 10.1 Å². The molecule has 1 aromatic heterocycles. The summed E-state index contributed by atoms with van der Waals surface area (Å²) >= 11 is 1.84. The lowest BCUT2D eigenvalue weighted by molar-refractivity contribution is 0.421. The molecular weight excluding hydrogens is 253 g/mol. The maximum absolute atomic E-state index is 13.1. The number of rotatable bonds is 2. The van der Waals surface area contributed by atoms with E-state index < -0.39 is 5.82 Å². The summed E-state index contributed by atoms with van der Waals surface area (Å²) in [6.45, 7) is 0. The van der Waals surface area contributed by atoms with Crippen LogP contribution >= 0.6 is 11.8 Å². The molecule has 2 aromatic rings. The first-order valence-electron chi connectivity index (χ1n) is 5.74. The zero-order chi connectivity index (χ0) is 12.5. The van der Waals surface area contributed by atoms with Crippen molar-refractivity contribution in [2.24, 2.45) is 0 Å². The molecule has 0 bridgehead atoms. The van der Waals surface area contributed by atoms with Gasteiger partial charge in [0.2, 0.25) is 0 Å². The molecule has 0 spiro atoms. The molecule has 0 amide bonds. The van der Waals surface area contributed by atoms with E-state index in [2.05, 4.69) is 10.1 Å². The molecule has 3 rings (SSSR count). The highest BCUT2D eigenvalue weighted by molar-refractivity contribution is 7.99. The van der Waals surface area contributed by atoms with E-state index in [0.29, 0.717) is 16.7 Å². The lowest BCUT2D eigenvalue weighted by Crippen LogP contribution is -1.92. The molecule has 18 heavy (non-hydrogen) atoms. The van der Waals surface area contributed by atoms with E-state index in [0.717, 1.165) is 18.0 Å². The summed E-state index contributed by atoms with van der Waals surface area (Å²) in [4.78, 5) is 4.36. The predicted octanol–water partition coefficient (Wildman–Crippen LogP) is 3.03. The second-order valence-corrected chi connectivity index (χ2v) is 5.51. The molecule has 1 atom stereocenters.